The van der Waals surface area contributed by atoms with E-state index in [1.807, 2.05) is 23.1 Å². The van der Waals surface area contributed by atoms with E-state index >= 15 is 0 Å². The molecule has 1 amide bonds. The number of likely N-dealkylation sites (tertiary alicyclic amines) is 1. The zero-order chi connectivity index (χ0) is 18.4. The standard InChI is InChI=1S/C21H24ClNO3/c1-25-19-7-5-16(6-8-19)13-17-9-11-23(12-10-17)21(24)15-26-20-4-2-3-18(22)14-20/h2-8,14,17H,9-13,15H2,1H3. The van der Waals surface area contributed by atoms with Crippen LogP contribution in [0.4, 0.5) is 0 Å². The predicted molar refractivity (Wildman–Crippen MR) is 103 cm³/mol. The van der Waals surface area contributed by atoms with Crippen LogP contribution in [0.15, 0.2) is 48.5 Å². The van der Waals surface area contributed by atoms with E-state index in [4.69, 9.17) is 21.1 Å². The molecule has 0 saturated carbocycles. The van der Waals surface area contributed by atoms with E-state index in [0.29, 0.717) is 16.7 Å². The lowest BCUT2D eigenvalue weighted by molar-refractivity contribution is -0.134. The van der Waals surface area contributed by atoms with Crippen molar-refractivity contribution in [1.29, 1.82) is 0 Å². The summed E-state index contributed by atoms with van der Waals surface area (Å²) in [4.78, 5) is 14.2. The van der Waals surface area contributed by atoms with Crippen LogP contribution < -0.4 is 9.47 Å². The number of methoxy groups -OCH3 is 1. The molecular weight excluding hydrogens is 350 g/mol. The molecule has 0 radical (unpaired) electrons. The Kier molecular flexibility index (Phi) is 6.40. The van der Waals surface area contributed by atoms with E-state index in [1.54, 1.807) is 25.3 Å². The topological polar surface area (TPSA) is 38.8 Å². The average molecular weight is 374 g/mol. The highest BCUT2D eigenvalue weighted by atomic mass is 35.5. The molecule has 0 aliphatic carbocycles. The Morgan fingerprint density at radius 1 is 1.12 bits per heavy atom. The Morgan fingerprint density at radius 3 is 2.50 bits per heavy atom. The van der Waals surface area contributed by atoms with Crippen LogP contribution in [0.5, 0.6) is 11.5 Å². The van der Waals surface area contributed by atoms with Crippen molar-refractivity contribution in [2.75, 3.05) is 26.8 Å². The van der Waals surface area contributed by atoms with Crippen LogP contribution in [-0.4, -0.2) is 37.6 Å². The van der Waals surface area contributed by atoms with Gasteiger partial charge in [-0.15, -0.1) is 0 Å². The van der Waals surface area contributed by atoms with E-state index < -0.39 is 0 Å². The molecule has 1 fully saturated rings. The fraction of sp³-hybridized carbons (Fsp3) is 0.381. The largest absolute Gasteiger partial charge is 0.497 e. The van der Waals surface area contributed by atoms with Gasteiger partial charge < -0.3 is 14.4 Å². The number of rotatable bonds is 6. The van der Waals surface area contributed by atoms with E-state index in [1.165, 1.54) is 5.56 Å². The van der Waals surface area contributed by atoms with E-state index in [2.05, 4.69) is 12.1 Å². The minimum absolute atomic E-state index is 0.0351. The van der Waals surface area contributed by atoms with Crippen molar-refractivity contribution in [2.24, 2.45) is 5.92 Å². The van der Waals surface area contributed by atoms with Crippen molar-refractivity contribution in [1.82, 2.24) is 4.90 Å². The van der Waals surface area contributed by atoms with Crippen LogP contribution in [0.25, 0.3) is 0 Å². The van der Waals surface area contributed by atoms with Crippen LogP contribution in [0.3, 0.4) is 0 Å². The number of ether oxygens (including phenoxy) is 2. The molecule has 0 spiro atoms. The molecule has 2 aromatic carbocycles. The predicted octanol–water partition coefficient (Wildman–Crippen LogP) is 4.21. The van der Waals surface area contributed by atoms with E-state index in [-0.39, 0.29) is 12.5 Å². The molecule has 2 aromatic rings. The lowest BCUT2D eigenvalue weighted by atomic mass is 9.90. The Bertz CT molecular complexity index is 724. The lowest BCUT2D eigenvalue weighted by Gasteiger charge is -2.32. The summed E-state index contributed by atoms with van der Waals surface area (Å²) in [6.45, 7) is 1.64. The number of halogens is 1. The molecule has 138 valence electrons. The van der Waals surface area contributed by atoms with E-state index in [9.17, 15) is 4.79 Å². The van der Waals surface area contributed by atoms with Crippen LogP contribution in [0, 0.1) is 5.92 Å². The van der Waals surface area contributed by atoms with Gasteiger partial charge in [0.05, 0.1) is 7.11 Å². The highest BCUT2D eigenvalue weighted by molar-refractivity contribution is 6.30. The van der Waals surface area contributed by atoms with Crippen LogP contribution >= 0.6 is 11.6 Å². The van der Waals surface area contributed by atoms with Gasteiger partial charge in [-0.2, -0.15) is 0 Å². The number of nitrogens with zero attached hydrogens (tertiary/aromatic N) is 1. The Hall–Kier alpha value is -2.20. The molecule has 4 nitrogen and oxygen atoms in total. The molecule has 5 heteroatoms. The number of hydrogen-bond donors (Lipinski definition) is 0. The first-order chi connectivity index (χ1) is 12.6. The summed E-state index contributed by atoms with van der Waals surface area (Å²) in [5.74, 6) is 2.16. The Morgan fingerprint density at radius 2 is 1.85 bits per heavy atom. The Balaban J connectivity index is 1.43. The number of carbonyl (C=O) groups is 1. The van der Waals surface area contributed by atoms with Gasteiger partial charge in [0, 0.05) is 18.1 Å². The first-order valence-corrected chi connectivity index (χ1v) is 9.31. The highest BCUT2D eigenvalue weighted by Gasteiger charge is 2.23. The summed E-state index contributed by atoms with van der Waals surface area (Å²) in [5, 5.41) is 0.606. The monoisotopic (exact) mass is 373 g/mol. The average Bonchev–Trinajstić information content (AvgIpc) is 2.67. The third-order valence-corrected chi connectivity index (χ3v) is 5.04. The fourth-order valence-electron chi connectivity index (χ4n) is 3.27. The summed E-state index contributed by atoms with van der Waals surface area (Å²) in [5.41, 5.74) is 1.32. The normalized spacial score (nSPS) is 14.9. The number of hydrogen-bond acceptors (Lipinski definition) is 3. The molecule has 1 aliphatic rings. The van der Waals surface area contributed by atoms with Crippen molar-refractivity contribution in [2.45, 2.75) is 19.3 Å². The minimum Gasteiger partial charge on any atom is -0.497 e. The van der Waals surface area contributed by atoms with Crippen molar-refractivity contribution in [3.8, 4) is 11.5 Å². The number of piperidine rings is 1. The third kappa shape index (κ3) is 5.15. The minimum atomic E-state index is 0.0351. The van der Waals surface area contributed by atoms with Gasteiger partial charge in [-0.1, -0.05) is 29.8 Å². The highest BCUT2D eigenvalue weighted by Crippen LogP contribution is 2.23. The maximum atomic E-state index is 12.3. The summed E-state index contributed by atoms with van der Waals surface area (Å²) in [6.07, 6.45) is 3.09. The molecule has 1 heterocycles. The third-order valence-electron chi connectivity index (χ3n) is 4.81. The maximum absolute atomic E-state index is 12.3. The lowest BCUT2D eigenvalue weighted by Crippen LogP contribution is -2.41. The molecule has 1 saturated heterocycles. The van der Waals surface area contributed by atoms with Gasteiger partial charge in [-0.05, 0) is 61.1 Å². The second kappa shape index (κ2) is 8.95. The molecule has 0 aromatic heterocycles. The van der Waals surface area contributed by atoms with Gasteiger partial charge >= 0.3 is 0 Å². The van der Waals surface area contributed by atoms with Crippen LogP contribution in [0.2, 0.25) is 5.02 Å². The fourth-order valence-corrected chi connectivity index (χ4v) is 3.45. The number of benzene rings is 2. The SMILES string of the molecule is COc1ccc(CC2CCN(C(=O)COc3cccc(Cl)c3)CC2)cc1. The number of carbonyl (C=O) groups excluding carboxylic acids is 1. The molecule has 3 rings (SSSR count). The van der Waals surface area contributed by atoms with Crippen LogP contribution in [-0.2, 0) is 11.2 Å². The van der Waals surface area contributed by atoms with Gasteiger partial charge in [0.25, 0.3) is 5.91 Å². The van der Waals surface area contributed by atoms with Crippen molar-refractivity contribution < 1.29 is 14.3 Å². The summed E-state index contributed by atoms with van der Waals surface area (Å²) in [6, 6.07) is 15.4. The van der Waals surface area contributed by atoms with Crippen molar-refractivity contribution in [3.05, 3.63) is 59.1 Å². The molecule has 1 aliphatic heterocycles. The zero-order valence-corrected chi connectivity index (χ0v) is 15.7. The van der Waals surface area contributed by atoms with Gasteiger partial charge in [0.15, 0.2) is 6.61 Å². The molecule has 0 atom stereocenters. The molecule has 26 heavy (non-hydrogen) atoms. The summed E-state index contributed by atoms with van der Waals surface area (Å²) >= 11 is 5.93. The van der Waals surface area contributed by atoms with Crippen LogP contribution in [0.1, 0.15) is 18.4 Å². The van der Waals surface area contributed by atoms with Gasteiger partial charge in [-0.25, -0.2) is 0 Å². The molecular formula is C21H24ClNO3. The number of amides is 1. The quantitative estimate of drug-likeness (QED) is 0.761. The molecule has 0 bridgehead atoms. The molecule has 0 unspecified atom stereocenters. The van der Waals surface area contributed by atoms with Crippen molar-refractivity contribution in [3.63, 3.8) is 0 Å². The zero-order valence-electron chi connectivity index (χ0n) is 15.0. The Labute approximate surface area is 159 Å². The molecule has 0 N–H and O–H groups in total. The first kappa shape index (κ1) is 18.6. The smallest absolute Gasteiger partial charge is 0.260 e. The van der Waals surface area contributed by atoms with Gasteiger partial charge in [-0.3, -0.25) is 4.79 Å². The maximum Gasteiger partial charge on any atom is 0.260 e. The summed E-state index contributed by atoms with van der Waals surface area (Å²) in [7, 11) is 1.68. The van der Waals surface area contributed by atoms with Crippen molar-refractivity contribution >= 4 is 17.5 Å². The summed E-state index contributed by atoms with van der Waals surface area (Å²) < 4.78 is 10.8. The second-order valence-electron chi connectivity index (χ2n) is 6.62. The van der Waals surface area contributed by atoms with Gasteiger partial charge in [0.1, 0.15) is 11.5 Å². The second-order valence-corrected chi connectivity index (χ2v) is 7.06. The van der Waals surface area contributed by atoms with Gasteiger partial charge in [0.2, 0.25) is 0 Å². The van der Waals surface area contributed by atoms with E-state index in [0.717, 1.165) is 38.1 Å². The first-order valence-electron chi connectivity index (χ1n) is 8.93.